The van der Waals surface area contributed by atoms with E-state index in [1.165, 1.54) is 21.3 Å². The molecular weight excluding hydrogens is 360 g/mol. The molecule has 1 aliphatic heterocycles. The molecule has 0 fully saturated rings. The first-order chi connectivity index (χ1) is 13.5. The third kappa shape index (κ3) is 3.35. The number of carbonyl (C=O) groups excluding carboxylic acids is 2. The van der Waals surface area contributed by atoms with Crippen LogP contribution >= 0.6 is 0 Å². The monoisotopic (exact) mass is 384 g/mol. The van der Waals surface area contributed by atoms with E-state index in [4.69, 9.17) is 14.2 Å². The van der Waals surface area contributed by atoms with Gasteiger partial charge in [0, 0.05) is 24.2 Å². The number of likely N-dealkylation sites (N-methyl/N-ethyl adjacent to an activating group) is 1. The summed E-state index contributed by atoms with van der Waals surface area (Å²) in [6.45, 7) is 2.35. The molecule has 0 saturated carbocycles. The number of rotatable bonds is 6. The molecule has 0 aromatic heterocycles. The average molecular weight is 384 g/mol. The van der Waals surface area contributed by atoms with Crippen molar-refractivity contribution in [3.05, 3.63) is 47.5 Å². The number of carbonyl (C=O) groups is 2. The van der Waals surface area contributed by atoms with Gasteiger partial charge in [0.15, 0.2) is 11.5 Å². The van der Waals surface area contributed by atoms with Crippen LogP contribution in [0.2, 0.25) is 0 Å². The highest BCUT2D eigenvalue weighted by Gasteiger charge is 2.38. The van der Waals surface area contributed by atoms with Crippen LogP contribution in [-0.2, 0) is 11.2 Å². The fourth-order valence-corrected chi connectivity index (χ4v) is 3.48. The molecule has 0 saturated heterocycles. The Morgan fingerprint density at radius 2 is 1.71 bits per heavy atom. The van der Waals surface area contributed by atoms with E-state index in [-0.39, 0.29) is 11.8 Å². The Hall–Kier alpha value is -3.22. The van der Waals surface area contributed by atoms with E-state index in [1.54, 1.807) is 17.0 Å². The molecule has 1 aliphatic rings. The van der Waals surface area contributed by atoms with Crippen LogP contribution < -0.4 is 24.4 Å². The van der Waals surface area contributed by atoms with Crippen molar-refractivity contribution in [2.45, 2.75) is 19.4 Å². The van der Waals surface area contributed by atoms with Crippen molar-refractivity contribution in [3.8, 4) is 17.2 Å². The van der Waals surface area contributed by atoms with Crippen molar-refractivity contribution in [2.24, 2.45) is 0 Å². The third-order valence-electron chi connectivity index (χ3n) is 4.76. The Labute approximate surface area is 164 Å². The molecule has 0 bridgehead atoms. The molecule has 1 N–H and O–H groups in total. The minimum atomic E-state index is -0.607. The summed E-state index contributed by atoms with van der Waals surface area (Å²) in [5.41, 5.74) is 2.04. The van der Waals surface area contributed by atoms with Gasteiger partial charge in [0.2, 0.25) is 11.7 Å². The molecule has 28 heavy (non-hydrogen) atoms. The lowest BCUT2D eigenvalue weighted by molar-refractivity contribution is -0.122. The maximum atomic E-state index is 13.5. The lowest BCUT2D eigenvalue weighted by Gasteiger charge is -2.25. The lowest BCUT2D eigenvalue weighted by Crippen LogP contribution is -2.48. The number of methoxy groups -OCH3 is 3. The SMILES string of the molecule is CCNC(=O)C1Cc2ccccc2N1C(=O)c1cc(OC)c(OC)c(OC)c1. The van der Waals surface area contributed by atoms with Crippen LogP contribution in [0.15, 0.2) is 36.4 Å². The zero-order valence-electron chi connectivity index (χ0n) is 16.4. The number of anilines is 1. The number of nitrogens with zero attached hydrogens (tertiary/aromatic N) is 1. The number of fused-ring (bicyclic) bond motifs is 1. The van der Waals surface area contributed by atoms with Gasteiger partial charge in [-0.05, 0) is 30.7 Å². The molecule has 2 amide bonds. The van der Waals surface area contributed by atoms with Gasteiger partial charge in [0.05, 0.1) is 21.3 Å². The fraction of sp³-hybridized carbons (Fsp3) is 0.333. The van der Waals surface area contributed by atoms with E-state index in [0.717, 1.165) is 11.3 Å². The van der Waals surface area contributed by atoms with Crippen LogP contribution in [0.5, 0.6) is 17.2 Å². The minimum Gasteiger partial charge on any atom is -0.493 e. The molecule has 3 rings (SSSR count). The van der Waals surface area contributed by atoms with Crippen LogP contribution in [-0.4, -0.2) is 45.7 Å². The smallest absolute Gasteiger partial charge is 0.259 e. The topological polar surface area (TPSA) is 77.1 Å². The molecule has 1 atom stereocenters. The highest BCUT2D eigenvalue weighted by atomic mass is 16.5. The average Bonchev–Trinajstić information content (AvgIpc) is 3.11. The predicted molar refractivity (Wildman–Crippen MR) is 106 cm³/mol. The number of amides is 2. The Morgan fingerprint density at radius 1 is 1.07 bits per heavy atom. The number of benzene rings is 2. The number of ether oxygens (including phenoxy) is 3. The Morgan fingerprint density at radius 3 is 2.29 bits per heavy atom. The van der Waals surface area contributed by atoms with Crippen LogP contribution in [0.25, 0.3) is 0 Å². The largest absolute Gasteiger partial charge is 0.493 e. The van der Waals surface area contributed by atoms with Gasteiger partial charge in [-0.15, -0.1) is 0 Å². The Kier molecular flexibility index (Phi) is 5.73. The predicted octanol–water partition coefficient (Wildman–Crippen LogP) is 2.42. The van der Waals surface area contributed by atoms with Crippen LogP contribution in [0, 0.1) is 0 Å². The van der Waals surface area contributed by atoms with E-state index >= 15 is 0 Å². The molecule has 1 unspecified atom stereocenters. The molecule has 0 spiro atoms. The quantitative estimate of drug-likeness (QED) is 0.828. The summed E-state index contributed by atoms with van der Waals surface area (Å²) in [6, 6.07) is 10.1. The molecule has 7 nitrogen and oxygen atoms in total. The molecule has 2 aromatic rings. The number of hydrogen-bond acceptors (Lipinski definition) is 5. The normalized spacial score (nSPS) is 15.0. The summed E-state index contributed by atoms with van der Waals surface area (Å²) >= 11 is 0. The van der Waals surface area contributed by atoms with E-state index in [1.807, 2.05) is 31.2 Å². The number of para-hydroxylation sites is 1. The van der Waals surface area contributed by atoms with Crippen molar-refractivity contribution in [2.75, 3.05) is 32.8 Å². The molecule has 148 valence electrons. The zero-order valence-corrected chi connectivity index (χ0v) is 16.4. The summed E-state index contributed by atoms with van der Waals surface area (Å²) in [4.78, 5) is 27.6. The Bertz CT molecular complexity index is 871. The van der Waals surface area contributed by atoms with Gasteiger partial charge < -0.3 is 19.5 Å². The summed E-state index contributed by atoms with van der Waals surface area (Å²) in [6.07, 6.45) is 0.470. The second kappa shape index (κ2) is 8.21. The maximum Gasteiger partial charge on any atom is 0.259 e. The zero-order chi connectivity index (χ0) is 20.3. The van der Waals surface area contributed by atoms with Crippen molar-refractivity contribution in [1.82, 2.24) is 5.32 Å². The van der Waals surface area contributed by atoms with Crippen molar-refractivity contribution >= 4 is 17.5 Å². The molecule has 2 aromatic carbocycles. The highest BCUT2D eigenvalue weighted by Crippen LogP contribution is 2.40. The van der Waals surface area contributed by atoms with Crippen molar-refractivity contribution in [3.63, 3.8) is 0 Å². The summed E-state index contributed by atoms with van der Waals surface area (Å²) in [5.74, 6) is 0.683. The van der Waals surface area contributed by atoms with Crippen molar-refractivity contribution < 1.29 is 23.8 Å². The molecule has 0 aliphatic carbocycles. The fourth-order valence-electron chi connectivity index (χ4n) is 3.48. The molecule has 7 heteroatoms. The van der Waals surface area contributed by atoms with E-state index in [0.29, 0.717) is 35.8 Å². The lowest BCUT2D eigenvalue weighted by atomic mass is 10.1. The standard InChI is InChI=1S/C21H24N2O5/c1-5-22-20(24)16-10-13-8-6-7-9-15(13)23(16)21(25)14-11-17(26-2)19(28-4)18(12-14)27-3/h6-9,11-12,16H,5,10H2,1-4H3,(H,22,24). The molecule has 1 heterocycles. The van der Waals surface area contributed by atoms with Crippen molar-refractivity contribution in [1.29, 1.82) is 0 Å². The third-order valence-corrected chi connectivity index (χ3v) is 4.76. The second-order valence-corrected chi connectivity index (χ2v) is 6.33. The van der Waals surface area contributed by atoms with Gasteiger partial charge in [0.1, 0.15) is 6.04 Å². The van der Waals surface area contributed by atoms with E-state index < -0.39 is 6.04 Å². The van der Waals surface area contributed by atoms with Crippen LogP contribution in [0.3, 0.4) is 0 Å². The van der Waals surface area contributed by atoms with Gasteiger partial charge in [-0.2, -0.15) is 0 Å². The molecular formula is C21H24N2O5. The first-order valence-corrected chi connectivity index (χ1v) is 9.04. The summed E-state index contributed by atoms with van der Waals surface area (Å²) < 4.78 is 16.0. The van der Waals surface area contributed by atoms with Crippen LogP contribution in [0.1, 0.15) is 22.8 Å². The number of nitrogens with one attached hydrogen (secondary N) is 1. The Balaban J connectivity index is 2.07. The highest BCUT2D eigenvalue weighted by molar-refractivity contribution is 6.12. The van der Waals surface area contributed by atoms with E-state index in [9.17, 15) is 9.59 Å². The van der Waals surface area contributed by atoms with Gasteiger partial charge in [-0.1, -0.05) is 18.2 Å². The first kappa shape index (κ1) is 19.5. The first-order valence-electron chi connectivity index (χ1n) is 9.04. The molecule has 0 radical (unpaired) electrons. The second-order valence-electron chi connectivity index (χ2n) is 6.33. The number of hydrogen-bond donors (Lipinski definition) is 1. The van der Waals surface area contributed by atoms with Gasteiger partial charge in [0.25, 0.3) is 5.91 Å². The van der Waals surface area contributed by atoms with Gasteiger partial charge >= 0.3 is 0 Å². The summed E-state index contributed by atoms with van der Waals surface area (Å²) in [7, 11) is 4.49. The maximum absolute atomic E-state index is 13.5. The van der Waals surface area contributed by atoms with E-state index in [2.05, 4.69) is 5.32 Å². The van der Waals surface area contributed by atoms with Crippen LogP contribution in [0.4, 0.5) is 5.69 Å². The van der Waals surface area contributed by atoms with Gasteiger partial charge in [-0.25, -0.2) is 0 Å². The van der Waals surface area contributed by atoms with Gasteiger partial charge in [-0.3, -0.25) is 14.5 Å². The minimum absolute atomic E-state index is 0.181. The summed E-state index contributed by atoms with van der Waals surface area (Å²) in [5, 5.41) is 2.82.